The molecule has 0 radical (unpaired) electrons. The minimum atomic E-state index is 0.591. The minimum absolute atomic E-state index is 0.591. The zero-order valence-electron chi connectivity index (χ0n) is 8.42. The molecule has 0 saturated heterocycles. The van der Waals surface area contributed by atoms with E-state index in [4.69, 9.17) is 0 Å². The first-order valence-corrected chi connectivity index (χ1v) is 6.23. The zero-order valence-corrected chi connectivity index (χ0v) is 9.23. The van der Waals surface area contributed by atoms with Gasteiger partial charge in [-0.05, 0) is 36.9 Å². The van der Waals surface area contributed by atoms with Crippen molar-refractivity contribution in [2.75, 3.05) is 12.8 Å². The second-order valence-electron chi connectivity index (χ2n) is 4.41. The number of benzene rings is 1. The van der Waals surface area contributed by atoms with Crippen LogP contribution in [0.1, 0.15) is 24.4 Å². The lowest BCUT2D eigenvalue weighted by Gasteiger charge is -2.33. The first-order valence-electron chi connectivity index (χ1n) is 5.25. The van der Waals surface area contributed by atoms with Crippen molar-refractivity contribution in [2.45, 2.75) is 23.8 Å². The molecule has 1 N–H and O–H groups in total. The van der Waals surface area contributed by atoms with Crippen LogP contribution in [0.4, 0.5) is 0 Å². The molecule has 3 rings (SSSR count). The molecule has 1 nitrogen and oxygen atoms in total. The van der Waals surface area contributed by atoms with Crippen LogP contribution in [0.25, 0.3) is 0 Å². The van der Waals surface area contributed by atoms with Crippen molar-refractivity contribution < 1.29 is 0 Å². The van der Waals surface area contributed by atoms with Crippen molar-refractivity contribution in [1.82, 2.24) is 5.32 Å². The zero-order chi connectivity index (χ0) is 9.60. The Bertz CT molecular complexity index is 357. The molecule has 2 heteroatoms. The van der Waals surface area contributed by atoms with Crippen molar-refractivity contribution in [3.8, 4) is 0 Å². The van der Waals surface area contributed by atoms with E-state index in [2.05, 4.69) is 36.6 Å². The maximum absolute atomic E-state index is 3.50. The van der Waals surface area contributed by atoms with Gasteiger partial charge in [-0.3, -0.25) is 0 Å². The number of nitrogens with one attached hydrogen (secondary N) is 1. The van der Waals surface area contributed by atoms with E-state index >= 15 is 0 Å². The third kappa shape index (κ3) is 1.14. The van der Waals surface area contributed by atoms with Gasteiger partial charge >= 0.3 is 0 Å². The van der Waals surface area contributed by atoms with Crippen LogP contribution in [-0.2, 0) is 0 Å². The lowest BCUT2D eigenvalue weighted by Crippen LogP contribution is -2.31. The molecule has 2 aliphatic rings. The van der Waals surface area contributed by atoms with Gasteiger partial charge in [-0.15, -0.1) is 11.8 Å². The van der Waals surface area contributed by atoms with Gasteiger partial charge in [0.15, 0.2) is 0 Å². The normalized spacial score (nSPS) is 27.4. The average Bonchev–Trinajstić information content (AvgIpc) is 2.99. The van der Waals surface area contributed by atoms with Gasteiger partial charge in [-0.25, -0.2) is 0 Å². The predicted molar refractivity (Wildman–Crippen MR) is 60.6 cm³/mol. The Hall–Kier alpha value is -0.470. The van der Waals surface area contributed by atoms with Crippen LogP contribution in [0.3, 0.4) is 0 Å². The van der Waals surface area contributed by atoms with Gasteiger partial charge in [-0.1, -0.05) is 18.2 Å². The van der Waals surface area contributed by atoms with Gasteiger partial charge in [0, 0.05) is 16.7 Å². The van der Waals surface area contributed by atoms with E-state index in [0.29, 0.717) is 11.5 Å². The van der Waals surface area contributed by atoms with Crippen LogP contribution in [0.5, 0.6) is 0 Å². The van der Waals surface area contributed by atoms with Crippen LogP contribution in [0, 0.1) is 5.41 Å². The number of hydrogen-bond acceptors (Lipinski definition) is 2. The molecular formula is C12H15NS. The molecule has 0 amide bonds. The Morgan fingerprint density at radius 2 is 2.14 bits per heavy atom. The Kier molecular flexibility index (Phi) is 1.89. The fourth-order valence-electron chi connectivity index (χ4n) is 2.54. The van der Waals surface area contributed by atoms with E-state index < -0.39 is 0 Å². The molecule has 1 aliphatic carbocycles. The number of fused-ring (bicyclic) bond motifs is 1. The van der Waals surface area contributed by atoms with Crippen molar-refractivity contribution in [3.63, 3.8) is 0 Å². The maximum Gasteiger partial charge on any atom is 0.0393 e. The van der Waals surface area contributed by atoms with Crippen LogP contribution in [0.2, 0.25) is 0 Å². The largest absolute Gasteiger partial charge is 0.312 e. The SMILES string of the molecule is CNC1c2ccccc2SCC12CC2. The van der Waals surface area contributed by atoms with Crippen LogP contribution >= 0.6 is 11.8 Å². The summed E-state index contributed by atoms with van der Waals surface area (Å²) in [6, 6.07) is 9.43. The number of rotatable bonds is 1. The fourth-order valence-corrected chi connectivity index (χ4v) is 3.97. The smallest absolute Gasteiger partial charge is 0.0393 e. The molecule has 14 heavy (non-hydrogen) atoms. The molecule has 1 atom stereocenters. The Balaban J connectivity index is 2.06. The minimum Gasteiger partial charge on any atom is -0.312 e. The monoisotopic (exact) mass is 205 g/mol. The van der Waals surface area contributed by atoms with Gasteiger partial charge in [0.2, 0.25) is 0 Å². The third-order valence-corrected chi connectivity index (χ3v) is 4.94. The Morgan fingerprint density at radius 3 is 2.86 bits per heavy atom. The Morgan fingerprint density at radius 1 is 1.36 bits per heavy atom. The highest BCUT2D eigenvalue weighted by Crippen LogP contribution is 2.61. The summed E-state index contributed by atoms with van der Waals surface area (Å²) in [4.78, 5) is 1.48. The van der Waals surface area contributed by atoms with Crippen LogP contribution in [-0.4, -0.2) is 12.8 Å². The van der Waals surface area contributed by atoms with E-state index in [-0.39, 0.29) is 0 Å². The van der Waals surface area contributed by atoms with Crippen molar-refractivity contribution >= 4 is 11.8 Å². The van der Waals surface area contributed by atoms with Crippen molar-refractivity contribution in [1.29, 1.82) is 0 Å². The van der Waals surface area contributed by atoms with Crippen LogP contribution in [0.15, 0.2) is 29.2 Å². The summed E-state index contributed by atoms with van der Waals surface area (Å²) in [6.45, 7) is 0. The molecule has 1 unspecified atom stereocenters. The highest BCUT2D eigenvalue weighted by atomic mass is 32.2. The molecule has 1 saturated carbocycles. The molecule has 1 heterocycles. The summed E-state index contributed by atoms with van der Waals surface area (Å²) >= 11 is 2.04. The molecule has 1 aromatic carbocycles. The van der Waals surface area contributed by atoms with Gasteiger partial charge in [-0.2, -0.15) is 0 Å². The first kappa shape index (κ1) is 8.81. The molecule has 74 valence electrons. The summed E-state index contributed by atoms with van der Waals surface area (Å²) < 4.78 is 0. The first-order chi connectivity index (χ1) is 6.86. The quantitative estimate of drug-likeness (QED) is 0.756. The second-order valence-corrected chi connectivity index (χ2v) is 5.43. The summed E-state index contributed by atoms with van der Waals surface area (Å²) in [5.74, 6) is 1.30. The summed E-state index contributed by atoms with van der Waals surface area (Å²) in [5, 5.41) is 3.50. The number of hydrogen-bond donors (Lipinski definition) is 1. The highest BCUT2D eigenvalue weighted by molar-refractivity contribution is 7.99. The molecule has 0 bridgehead atoms. The van der Waals surface area contributed by atoms with Gasteiger partial charge in [0.1, 0.15) is 0 Å². The lowest BCUT2D eigenvalue weighted by atomic mass is 9.91. The van der Waals surface area contributed by atoms with E-state index in [0.717, 1.165) is 0 Å². The molecule has 1 fully saturated rings. The fraction of sp³-hybridized carbons (Fsp3) is 0.500. The highest BCUT2D eigenvalue weighted by Gasteiger charge is 2.51. The molecule has 0 aromatic heterocycles. The van der Waals surface area contributed by atoms with Gasteiger partial charge in [0.05, 0.1) is 0 Å². The number of thioether (sulfide) groups is 1. The maximum atomic E-state index is 3.50. The lowest BCUT2D eigenvalue weighted by molar-refractivity contribution is 0.386. The topological polar surface area (TPSA) is 12.0 Å². The van der Waals surface area contributed by atoms with E-state index in [1.165, 1.54) is 29.1 Å². The molecule has 1 spiro atoms. The molecule has 1 aromatic rings. The van der Waals surface area contributed by atoms with Gasteiger partial charge in [0.25, 0.3) is 0 Å². The Labute approximate surface area is 89.3 Å². The summed E-state index contributed by atoms with van der Waals surface area (Å²) in [5.41, 5.74) is 2.11. The standard InChI is InChI=1S/C12H15NS/c1-13-11-9-4-2-3-5-10(9)14-8-12(11)6-7-12/h2-5,11,13H,6-8H2,1H3. The molecular weight excluding hydrogens is 190 g/mol. The van der Waals surface area contributed by atoms with E-state index in [1.807, 2.05) is 11.8 Å². The van der Waals surface area contributed by atoms with Crippen molar-refractivity contribution in [2.24, 2.45) is 5.41 Å². The average molecular weight is 205 g/mol. The summed E-state index contributed by atoms with van der Waals surface area (Å²) in [7, 11) is 2.09. The molecule has 1 aliphatic heterocycles. The van der Waals surface area contributed by atoms with E-state index in [1.54, 1.807) is 0 Å². The third-order valence-electron chi connectivity index (χ3n) is 3.54. The van der Waals surface area contributed by atoms with Crippen molar-refractivity contribution in [3.05, 3.63) is 29.8 Å². The van der Waals surface area contributed by atoms with Crippen LogP contribution < -0.4 is 5.32 Å². The van der Waals surface area contributed by atoms with E-state index in [9.17, 15) is 0 Å². The van der Waals surface area contributed by atoms with Gasteiger partial charge < -0.3 is 5.32 Å². The summed E-state index contributed by atoms with van der Waals surface area (Å²) in [6.07, 6.45) is 2.81. The second kappa shape index (κ2) is 3.01. The predicted octanol–water partition coefficient (Wildman–Crippen LogP) is 2.83.